The molecule has 2 aromatic rings. The van der Waals surface area contributed by atoms with E-state index in [1.165, 1.54) is 0 Å². The first kappa shape index (κ1) is 14.4. The Balaban J connectivity index is 2.25. The zero-order valence-electron chi connectivity index (χ0n) is 11.2. The zero-order valence-corrected chi connectivity index (χ0v) is 12.8. The van der Waals surface area contributed by atoms with Crippen molar-refractivity contribution in [3.63, 3.8) is 0 Å². The highest BCUT2D eigenvalue weighted by molar-refractivity contribution is 9.10. The van der Waals surface area contributed by atoms with E-state index in [1.807, 2.05) is 25.1 Å². The van der Waals surface area contributed by atoms with Gasteiger partial charge in [-0.3, -0.25) is 4.79 Å². The van der Waals surface area contributed by atoms with Gasteiger partial charge in [0.15, 0.2) is 0 Å². The molecule has 0 aliphatic carbocycles. The first-order chi connectivity index (χ1) is 9.51. The molecule has 3 N–H and O–H groups in total. The molecule has 5 heteroatoms. The quantitative estimate of drug-likeness (QED) is 0.843. The van der Waals surface area contributed by atoms with E-state index in [0.29, 0.717) is 27.2 Å². The highest BCUT2D eigenvalue weighted by Gasteiger charge is 2.11. The van der Waals surface area contributed by atoms with Crippen LogP contribution in [-0.4, -0.2) is 13.0 Å². The van der Waals surface area contributed by atoms with Gasteiger partial charge in [-0.1, -0.05) is 6.07 Å². The summed E-state index contributed by atoms with van der Waals surface area (Å²) in [5, 5.41) is 2.83. The maximum Gasteiger partial charge on any atom is 0.255 e. The van der Waals surface area contributed by atoms with Gasteiger partial charge < -0.3 is 15.8 Å². The molecule has 1 amide bonds. The van der Waals surface area contributed by atoms with Crippen molar-refractivity contribution in [2.45, 2.75) is 6.92 Å². The number of amides is 1. The minimum atomic E-state index is -0.215. The summed E-state index contributed by atoms with van der Waals surface area (Å²) < 4.78 is 5.96. The van der Waals surface area contributed by atoms with Crippen LogP contribution >= 0.6 is 15.9 Å². The number of carbonyl (C=O) groups is 1. The van der Waals surface area contributed by atoms with Crippen LogP contribution in [0.2, 0.25) is 0 Å². The van der Waals surface area contributed by atoms with Crippen LogP contribution < -0.4 is 15.8 Å². The largest absolute Gasteiger partial charge is 0.495 e. The second-order valence-electron chi connectivity index (χ2n) is 4.39. The summed E-state index contributed by atoms with van der Waals surface area (Å²) in [6.07, 6.45) is 0. The first-order valence-corrected chi connectivity index (χ1v) is 6.81. The van der Waals surface area contributed by atoms with Crippen LogP contribution in [0.1, 0.15) is 15.9 Å². The number of ether oxygens (including phenoxy) is 1. The first-order valence-electron chi connectivity index (χ1n) is 6.02. The van der Waals surface area contributed by atoms with Crippen molar-refractivity contribution in [3.05, 3.63) is 52.0 Å². The van der Waals surface area contributed by atoms with Crippen molar-refractivity contribution in [1.82, 2.24) is 0 Å². The second-order valence-corrected chi connectivity index (χ2v) is 5.25. The summed E-state index contributed by atoms with van der Waals surface area (Å²) in [5.41, 5.74) is 8.52. The van der Waals surface area contributed by atoms with Gasteiger partial charge in [0, 0.05) is 15.7 Å². The standard InChI is InChI=1S/C15H15BrN2O2/c1-9-3-6-13(14(7-9)20-2)18-15(19)10-4-5-12(17)11(16)8-10/h3-8H,17H2,1-2H3,(H,18,19). The van der Waals surface area contributed by atoms with Crippen molar-refractivity contribution < 1.29 is 9.53 Å². The number of hydrogen-bond donors (Lipinski definition) is 2. The molecule has 20 heavy (non-hydrogen) atoms. The second kappa shape index (κ2) is 5.96. The summed E-state index contributed by atoms with van der Waals surface area (Å²) in [6, 6.07) is 10.6. The number of benzene rings is 2. The molecule has 0 aliphatic rings. The Morgan fingerprint density at radius 3 is 2.65 bits per heavy atom. The SMILES string of the molecule is COc1cc(C)ccc1NC(=O)c1ccc(N)c(Br)c1. The van der Waals surface area contributed by atoms with Gasteiger partial charge in [0.2, 0.25) is 0 Å². The number of nitrogens with two attached hydrogens (primary N) is 1. The van der Waals surface area contributed by atoms with Crippen LogP contribution in [0.5, 0.6) is 5.75 Å². The maximum atomic E-state index is 12.2. The van der Waals surface area contributed by atoms with E-state index in [4.69, 9.17) is 10.5 Å². The molecule has 0 heterocycles. The Morgan fingerprint density at radius 2 is 2.00 bits per heavy atom. The fourth-order valence-electron chi connectivity index (χ4n) is 1.76. The average molecular weight is 335 g/mol. The van der Waals surface area contributed by atoms with Crippen LogP contribution in [-0.2, 0) is 0 Å². The molecule has 104 valence electrons. The molecule has 0 atom stereocenters. The van der Waals surface area contributed by atoms with Gasteiger partial charge in [0.25, 0.3) is 5.91 Å². The van der Waals surface area contributed by atoms with Crippen molar-refractivity contribution in [2.75, 3.05) is 18.2 Å². The third-order valence-electron chi connectivity index (χ3n) is 2.87. The third kappa shape index (κ3) is 3.11. The molecule has 2 rings (SSSR count). The maximum absolute atomic E-state index is 12.2. The predicted octanol–water partition coefficient (Wildman–Crippen LogP) is 3.60. The highest BCUT2D eigenvalue weighted by Crippen LogP contribution is 2.26. The van der Waals surface area contributed by atoms with Gasteiger partial charge in [-0.2, -0.15) is 0 Å². The minimum absolute atomic E-state index is 0.215. The van der Waals surface area contributed by atoms with E-state index in [9.17, 15) is 4.79 Å². The fraction of sp³-hybridized carbons (Fsp3) is 0.133. The number of halogens is 1. The number of nitrogen functional groups attached to an aromatic ring is 1. The number of hydrogen-bond acceptors (Lipinski definition) is 3. The fourth-order valence-corrected chi connectivity index (χ4v) is 2.14. The zero-order chi connectivity index (χ0) is 14.7. The molecule has 0 bridgehead atoms. The number of aryl methyl sites for hydroxylation is 1. The van der Waals surface area contributed by atoms with E-state index >= 15 is 0 Å². The molecule has 0 saturated carbocycles. The van der Waals surface area contributed by atoms with Gasteiger partial charge in [-0.05, 0) is 58.7 Å². The molecule has 0 fully saturated rings. The topological polar surface area (TPSA) is 64.3 Å². The molecule has 4 nitrogen and oxygen atoms in total. The average Bonchev–Trinajstić information content (AvgIpc) is 2.43. The van der Waals surface area contributed by atoms with Crippen molar-refractivity contribution in [3.8, 4) is 5.75 Å². The summed E-state index contributed by atoms with van der Waals surface area (Å²) in [4.78, 5) is 12.2. The highest BCUT2D eigenvalue weighted by atomic mass is 79.9. The van der Waals surface area contributed by atoms with E-state index in [2.05, 4.69) is 21.2 Å². The smallest absolute Gasteiger partial charge is 0.255 e. The van der Waals surface area contributed by atoms with Gasteiger partial charge in [0.05, 0.1) is 12.8 Å². The van der Waals surface area contributed by atoms with E-state index in [0.717, 1.165) is 5.56 Å². The summed E-state index contributed by atoms with van der Waals surface area (Å²) in [6.45, 7) is 1.96. The molecule has 0 aromatic heterocycles. The third-order valence-corrected chi connectivity index (χ3v) is 3.55. The van der Waals surface area contributed by atoms with Gasteiger partial charge in [0.1, 0.15) is 5.75 Å². The van der Waals surface area contributed by atoms with Crippen molar-refractivity contribution >= 4 is 33.2 Å². The number of nitrogens with one attached hydrogen (secondary N) is 1. The van der Waals surface area contributed by atoms with Crippen LogP contribution in [0.3, 0.4) is 0 Å². The summed E-state index contributed by atoms with van der Waals surface area (Å²) in [7, 11) is 1.57. The Hall–Kier alpha value is -2.01. The van der Waals surface area contributed by atoms with Crippen molar-refractivity contribution in [1.29, 1.82) is 0 Å². The molecule has 0 aliphatic heterocycles. The summed E-state index contributed by atoms with van der Waals surface area (Å²) >= 11 is 3.31. The lowest BCUT2D eigenvalue weighted by Crippen LogP contribution is -2.13. The summed E-state index contributed by atoms with van der Waals surface area (Å²) in [5.74, 6) is 0.417. The van der Waals surface area contributed by atoms with Gasteiger partial charge in [-0.25, -0.2) is 0 Å². The van der Waals surface area contributed by atoms with E-state index < -0.39 is 0 Å². The Bertz CT molecular complexity index is 656. The normalized spacial score (nSPS) is 10.2. The lowest BCUT2D eigenvalue weighted by Gasteiger charge is -2.11. The lowest BCUT2D eigenvalue weighted by atomic mass is 10.1. The monoisotopic (exact) mass is 334 g/mol. The number of methoxy groups -OCH3 is 1. The van der Waals surface area contributed by atoms with Crippen LogP contribution in [0.4, 0.5) is 11.4 Å². The number of carbonyl (C=O) groups excluding carboxylic acids is 1. The van der Waals surface area contributed by atoms with Crippen LogP contribution in [0, 0.1) is 6.92 Å². The Morgan fingerprint density at radius 1 is 1.25 bits per heavy atom. The molecular weight excluding hydrogens is 320 g/mol. The molecule has 0 saturated heterocycles. The molecule has 2 aromatic carbocycles. The van der Waals surface area contributed by atoms with Crippen molar-refractivity contribution in [2.24, 2.45) is 0 Å². The van der Waals surface area contributed by atoms with Gasteiger partial charge >= 0.3 is 0 Å². The van der Waals surface area contributed by atoms with E-state index in [-0.39, 0.29) is 5.91 Å². The Labute approximate surface area is 126 Å². The van der Waals surface area contributed by atoms with E-state index in [1.54, 1.807) is 25.3 Å². The van der Waals surface area contributed by atoms with Crippen LogP contribution in [0.15, 0.2) is 40.9 Å². The predicted molar refractivity (Wildman–Crippen MR) is 84.2 cm³/mol. The number of rotatable bonds is 3. The van der Waals surface area contributed by atoms with Crippen LogP contribution in [0.25, 0.3) is 0 Å². The Kier molecular flexibility index (Phi) is 4.29. The molecule has 0 spiro atoms. The molecule has 0 radical (unpaired) electrons. The number of anilines is 2. The molecular formula is C15H15BrN2O2. The van der Waals surface area contributed by atoms with Gasteiger partial charge in [-0.15, -0.1) is 0 Å². The lowest BCUT2D eigenvalue weighted by molar-refractivity contribution is 0.102. The molecule has 0 unspecified atom stereocenters. The minimum Gasteiger partial charge on any atom is -0.495 e.